The van der Waals surface area contributed by atoms with Gasteiger partial charge in [-0.1, -0.05) is 0 Å². The Bertz CT molecular complexity index is 232. The van der Waals surface area contributed by atoms with Crippen LogP contribution in [0.25, 0.3) is 0 Å². The summed E-state index contributed by atoms with van der Waals surface area (Å²) in [6, 6.07) is 6.32. The van der Waals surface area contributed by atoms with E-state index in [2.05, 4.69) is 17.3 Å². The monoisotopic (exact) mass is 182 g/mol. The molecule has 0 atom stereocenters. The third-order valence-electron chi connectivity index (χ3n) is 1.07. The van der Waals surface area contributed by atoms with Crippen molar-refractivity contribution >= 4 is 20.0 Å². The van der Waals surface area contributed by atoms with Crippen LogP contribution in [0.1, 0.15) is 0 Å². The van der Waals surface area contributed by atoms with Gasteiger partial charge in [0, 0.05) is 4.90 Å². The van der Waals surface area contributed by atoms with Gasteiger partial charge in [-0.3, -0.25) is 0 Å². The molecule has 0 fully saturated rings. The van der Waals surface area contributed by atoms with Crippen LogP contribution in [0.5, 0.6) is 5.75 Å². The molecule has 58 valence electrons. The van der Waals surface area contributed by atoms with E-state index in [1.165, 1.54) is 12.1 Å². The average molecular weight is 182 g/mol. The van der Waals surface area contributed by atoms with Crippen molar-refractivity contribution in [2.24, 2.45) is 0 Å². The smallest absolute Gasteiger partial charge is 0.860 e. The summed E-state index contributed by atoms with van der Waals surface area (Å²) in [4.78, 5) is 0.755. The van der Waals surface area contributed by atoms with E-state index in [0.717, 1.165) is 4.90 Å². The van der Waals surface area contributed by atoms with Crippen LogP contribution in [0, 0.1) is 0 Å². The summed E-state index contributed by atoms with van der Waals surface area (Å²) in [5.41, 5.74) is 0. The second-order valence-electron chi connectivity index (χ2n) is 1.90. The van der Waals surface area contributed by atoms with Gasteiger partial charge in [0.15, 0.2) is 0 Å². The standard InChI is InChI=1S/C6H5BO3S.2Li/c8-7(9)10-5-1-3-6(11)4-2-5;;/h1-4,11H;;/q-2;2*+1. The molecule has 0 saturated carbocycles. The zero-order chi connectivity index (χ0) is 8.27. The van der Waals surface area contributed by atoms with Crippen molar-refractivity contribution < 1.29 is 52.4 Å². The van der Waals surface area contributed by atoms with Crippen LogP contribution in [-0.2, 0) is 0 Å². The Morgan fingerprint density at radius 3 is 1.92 bits per heavy atom. The summed E-state index contributed by atoms with van der Waals surface area (Å²) in [5.74, 6) is 0.276. The minimum Gasteiger partial charge on any atom is -0.860 e. The van der Waals surface area contributed by atoms with E-state index in [-0.39, 0.29) is 43.5 Å². The average Bonchev–Trinajstić information content (AvgIpc) is 1.93. The summed E-state index contributed by atoms with van der Waals surface area (Å²) in [5, 5.41) is 20.0. The summed E-state index contributed by atoms with van der Waals surface area (Å²) in [7, 11) is -2.26. The third kappa shape index (κ3) is 6.60. The number of hydrogen-bond donors (Lipinski definition) is 1. The fourth-order valence-corrected chi connectivity index (χ4v) is 0.785. The summed E-state index contributed by atoms with van der Waals surface area (Å²) in [6.45, 7) is 0. The first kappa shape index (κ1) is 16.0. The second kappa shape index (κ2) is 7.91. The maximum atomic E-state index is 9.98. The van der Waals surface area contributed by atoms with Gasteiger partial charge in [-0.2, -0.15) is 0 Å². The molecule has 0 spiro atoms. The predicted molar refractivity (Wildman–Crippen MR) is 40.1 cm³/mol. The number of hydrogen-bond acceptors (Lipinski definition) is 4. The molecule has 0 unspecified atom stereocenters. The van der Waals surface area contributed by atoms with Gasteiger partial charge in [0.2, 0.25) is 0 Å². The van der Waals surface area contributed by atoms with Gasteiger partial charge in [-0.25, -0.2) is 0 Å². The minimum absolute atomic E-state index is 0. The normalized spacial score (nSPS) is 7.92. The second-order valence-corrected chi connectivity index (χ2v) is 2.42. The molecule has 0 aromatic heterocycles. The Labute approximate surface area is 107 Å². The minimum atomic E-state index is -2.26. The van der Waals surface area contributed by atoms with Crippen LogP contribution < -0.4 is 52.4 Å². The van der Waals surface area contributed by atoms with Crippen molar-refractivity contribution in [1.82, 2.24) is 0 Å². The summed E-state index contributed by atoms with van der Waals surface area (Å²) >= 11 is 4.01. The first-order valence-electron chi connectivity index (χ1n) is 2.96. The first-order valence-corrected chi connectivity index (χ1v) is 3.40. The van der Waals surface area contributed by atoms with E-state index in [9.17, 15) is 10.0 Å². The largest absolute Gasteiger partial charge is 1.00 e. The zero-order valence-corrected chi connectivity index (χ0v) is 8.45. The van der Waals surface area contributed by atoms with E-state index in [4.69, 9.17) is 0 Å². The van der Waals surface area contributed by atoms with Crippen molar-refractivity contribution in [1.29, 1.82) is 0 Å². The van der Waals surface area contributed by atoms with E-state index in [0.29, 0.717) is 0 Å². The third-order valence-corrected chi connectivity index (χ3v) is 1.37. The van der Waals surface area contributed by atoms with Crippen LogP contribution in [0.2, 0.25) is 0 Å². The molecule has 0 radical (unpaired) electrons. The summed E-state index contributed by atoms with van der Waals surface area (Å²) < 4.78 is 4.32. The van der Waals surface area contributed by atoms with E-state index < -0.39 is 7.32 Å². The molecule has 0 bridgehead atoms. The molecule has 0 aliphatic heterocycles. The molecule has 1 aromatic rings. The predicted octanol–water partition coefficient (Wildman–Crippen LogP) is -6.93. The maximum Gasteiger partial charge on any atom is 1.00 e. The maximum absolute atomic E-state index is 9.98. The van der Waals surface area contributed by atoms with Crippen LogP contribution in [-0.4, -0.2) is 7.32 Å². The van der Waals surface area contributed by atoms with E-state index in [1.54, 1.807) is 12.1 Å². The Morgan fingerprint density at radius 1 is 1.08 bits per heavy atom. The Balaban J connectivity index is 0. The molecule has 0 aliphatic rings. The van der Waals surface area contributed by atoms with Gasteiger partial charge < -0.3 is 14.7 Å². The molecular weight excluding hydrogens is 177 g/mol. The van der Waals surface area contributed by atoms with Gasteiger partial charge in [0.05, 0.1) is 5.75 Å². The van der Waals surface area contributed by atoms with Crippen LogP contribution in [0.3, 0.4) is 0 Å². The fourth-order valence-electron chi connectivity index (χ4n) is 0.636. The SMILES string of the molecule is [Li+].[Li+].[O-]B([O-])Oc1ccc(S)cc1. The molecule has 0 amide bonds. The molecule has 1 rings (SSSR count). The molecule has 0 aliphatic carbocycles. The van der Waals surface area contributed by atoms with E-state index >= 15 is 0 Å². The topological polar surface area (TPSA) is 55.3 Å². The molecule has 13 heavy (non-hydrogen) atoms. The van der Waals surface area contributed by atoms with Gasteiger partial charge >= 0.3 is 37.7 Å². The molecule has 0 heterocycles. The molecule has 1 aromatic carbocycles. The van der Waals surface area contributed by atoms with E-state index in [1.807, 2.05) is 0 Å². The molecular formula is C6H5BLi2O3S. The number of rotatable bonds is 2. The Morgan fingerprint density at radius 2 is 1.54 bits per heavy atom. The molecule has 0 saturated heterocycles. The van der Waals surface area contributed by atoms with Gasteiger partial charge in [-0.05, 0) is 24.3 Å². The molecule has 3 nitrogen and oxygen atoms in total. The number of benzene rings is 1. The van der Waals surface area contributed by atoms with Crippen molar-refractivity contribution in [3.8, 4) is 5.75 Å². The Hall–Kier alpha value is 0.550. The van der Waals surface area contributed by atoms with Gasteiger partial charge in [0.25, 0.3) is 0 Å². The fraction of sp³-hybridized carbons (Fsp3) is 0. The van der Waals surface area contributed by atoms with Crippen molar-refractivity contribution in [3.63, 3.8) is 0 Å². The van der Waals surface area contributed by atoms with Gasteiger partial charge in [-0.15, -0.1) is 12.6 Å². The quantitative estimate of drug-likeness (QED) is 0.365. The first-order chi connectivity index (χ1) is 5.18. The van der Waals surface area contributed by atoms with Crippen LogP contribution in [0.15, 0.2) is 29.2 Å². The Kier molecular flexibility index (Phi) is 9.73. The van der Waals surface area contributed by atoms with Crippen molar-refractivity contribution in [2.45, 2.75) is 4.90 Å². The van der Waals surface area contributed by atoms with Crippen LogP contribution in [0.4, 0.5) is 0 Å². The van der Waals surface area contributed by atoms with Crippen LogP contribution >= 0.6 is 12.6 Å². The van der Waals surface area contributed by atoms with Gasteiger partial charge in [0.1, 0.15) is 7.32 Å². The summed E-state index contributed by atoms with van der Waals surface area (Å²) in [6.07, 6.45) is 0. The zero-order valence-electron chi connectivity index (χ0n) is 7.56. The molecule has 7 heteroatoms. The van der Waals surface area contributed by atoms with Crippen molar-refractivity contribution in [3.05, 3.63) is 24.3 Å². The number of thiol groups is 1. The van der Waals surface area contributed by atoms with Crippen molar-refractivity contribution in [2.75, 3.05) is 0 Å². The molecule has 0 N–H and O–H groups in total.